The number of nitrogens with zero attached hydrogens (tertiary/aromatic N) is 1. The second-order valence-corrected chi connectivity index (χ2v) is 7.67. The van der Waals surface area contributed by atoms with Crippen LogP contribution in [0.5, 0.6) is 17.4 Å². The third kappa shape index (κ3) is 6.52. The van der Waals surface area contributed by atoms with Gasteiger partial charge in [-0.05, 0) is 47.9 Å². The maximum absolute atomic E-state index is 13.0. The van der Waals surface area contributed by atoms with Crippen molar-refractivity contribution in [1.29, 1.82) is 0 Å². The molecule has 3 aromatic rings. The summed E-state index contributed by atoms with van der Waals surface area (Å²) >= 11 is 0. The maximum Gasteiger partial charge on any atom is 0.255 e. The van der Waals surface area contributed by atoms with E-state index in [0.29, 0.717) is 22.9 Å². The van der Waals surface area contributed by atoms with E-state index >= 15 is 0 Å². The van der Waals surface area contributed by atoms with Crippen LogP contribution in [0.1, 0.15) is 29.8 Å². The van der Waals surface area contributed by atoms with Crippen LogP contribution >= 0.6 is 0 Å². The van der Waals surface area contributed by atoms with Gasteiger partial charge in [0.1, 0.15) is 23.4 Å². The number of hydrogen-bond acceptors (Lipinski definition) is 5. The minimum Gasteiger partial charge on any atom is -0.496 e. The Kier molecular flexibility index (Phi) is 7.96. The number of para-hydroxylation sites is 1. The summed E-state index contributed by atoms with van der Waals surface area (Å²) in [6.45, 7) is 3.95. The Morgan fingerprint density at radius 3 is 2.39 bits per heavy atom. The molecule has 33 heavy (non-hydrogen) atoms. The van der Waals surface area contributed by atoms with Crippen molar-refractivity contribution >= 4 is 11.8 Å². The number of aromatic nitrogens is 1. The van der Waals surface area contributed by atoms with E-state index in [1.165, 1.54) is 31.4 Å². The van der Waals surface area contributed by atoms with Gasteiger partial charge in [-0.15, -0.1) is 0 Å². The quantitative estimate of drug-likeness (QED) is 0.512. The lowest BCUT2D eigenvalue weighted by atomic mass is 10.0. The molecule has 0 saturated heterocycles. The minimum absolute atomic E-state index is 0.131. The van der Waals surface area contributed by atoms with E-state index in [1.54, 1.807) is 42.6 Å². The molecule has 0 bridgehead atoms. The molecule has 172 valence electrons. The molecule has 1 aromatic heterocycles. The Labute approximate surface area is 192 Å². The molecule has 0 radical (unpaired) electrons. The van der Waals surface area contributed by atoms with Gasteiger partial charge in [0.2, 0.25) is 11.8 Å². The molecule has 0 saturated carbocycles. The van der Waals surface area contributed by atoms with E-state index in [4.69, 9.17) is 9.47 Å². The lowest BCUT2D eigenvalue weighted by Gasteiger charge is -2.22. The van der Waals surface area contributed by atoms with Crippen molar-refractivity contribution in [1.82, 2.24) is 15.6 Å². The predicted molar refractivity (Wildman–Crippen MR) is 122 cm³/mol. The summed E-state index contributed by atoms with van der Waals surface area (Å²) in [5.74, 6) is 0.0851. The average Bonchev–Trinajstić information content (AvgIpc) is 2.83. The summed E-state index contributed by atoms with van der Waals surface area (Å²) in [5, 5.41) is 5.62. The zero-order chi connectivity index (χ0) is 23.8. The fourth-order valence-electron chi connectivity index (χ4n) is 3.08. The normalized spacial score (nSPS) is 11.5. The van der Waals surface area contributed by atoms with Crippen molar-refractivity contribution in [3.05, 3.63) is 83.8 Å². The Morgan fingerprint density at radius 1 is 1.03 bits per heavy atom. The number of carbonyl (C=O) groups excluding carboxylic acids is 2. The smallest absolute Gasteiger partial charge is 0.255 e. The number of halogens is 1. The van der Waals surface area contributed by atoms with Crippen molar-refractivity contribution in [3.8, 4) is 17.4 Å². The molecule has 2 aromatic carbocycles. The third-order valence-corrected chi connectivity index (χ3v) is 4.89. The first-order valence-corrected chi connectivity index (χ1v) is 10.5. The first-order valence-electron chi connectivity index (χ1n) is 10.5. The molecular weight excluding hydrogens is 425 g/mol. The largest absolute Gasteiger partial charge is 0.496 e. The number of amides is 2. The summed E-state index contributed by atoms with van der Waals surface area (Å²) < 4.78 is 23.8. The molecule has 1 unspecified atom stereocenters. The summed E-state index contributed by atoms with van der Waals surface area (Å²) in [7, 11) is 1.49. The second kappa shape index (κ2) is 11.1. The van der Waals surface area contributed by atoms with Gasteiger partial charge in [0.05, 0.1) is 12.7 Å². The van der Waals surface area contributed by atoms with Crippen LogP contribution in [0, 0.1) is 11.7 Å². The van der Waals surface area contributed by atoms with Gasteiger partial charge in [0.15, 0.2) is 0 Å². The number of pyridine rings is 1. The van der Waals surface area contributed by atoms with Gasteiger partial charge >= 0.3 is 0 Å². The number of benzene rings is 2. The number of ether oxygens (including phenoxy) is 2. The molecule has 0 fully saturated rings. The molecule has 0 aliphatic heterocycles. The van der Waals surface area contributed by atoms with E-state index in [0.717, 1.165) is 5.56 Å². The Morgan fingerprint density at radius 2 is 1.76 bits per heavy atom. The second-order valence-electron chi connectivity index (χ2n) is 7.67. The molecule has 3 rings (SSSR count). The molecule has 2 amide bonds. The number of carbonyl (C=O) groups is 2. The topological polar surface area (TPSA) is 89.5 Å². The molecular formula is C25H26FN3O4. The van der Waals surface area contributed by atoms with Gasteiger partial charge in [-0.25, -0.2) is 9.37 Å². The van der Waals surface area contributed by atoms with Crippen molar-refractivity contribution in [2.75, 3.05) is 7.11 Å². The lowest BCUT2D eigenvalue weighted by Crippen LogP contribution is -2.49. The van der Waals surface area contributed by atoms with Gasteiger partial charge in [-0.2, -0.15) is 0 Å². The van der Waals surface area contributed by atoms with Crippen LogP contribution in [0.25, 0.3) is 0 Å². The lowest BCUT2D eigenvalue weighted by molar-refractivity contribution is -0.124. The van der Waals surface area contributed by atoms with Gasteiger partial charge in [-0.3, -0.25) is 9.59 Å². The van der Waals surface area contributed by atoms with Crippen LogP contribution < -0.4 is 20.1 Å². The Balaban J connectivity index is 1.58. The zero-order valence-electron chi connectivity index (χ0n) is 18.7. The highest BCUT2D eigenvalue weighted by molar-refractivity contribution is 5.99. The molecule has 8 heteroatoms. The average molecular weight is 451 g/mol. The first kappa shape index (κ1) is 23.7. The van der Waals surface area contributed by atoms with Gasteiger partial charge < -0.3 is 20.1 Å². The SMILES string of the molecule is COc1ccccc1C(=O)NC(C(=O)NCc1ccc(Oc2ccc(F)cc2)nc1)C(C)C. The van der Waals surface area contributed by atoms with Crippen LogP contribution in [0.2, 0.25) is 0 Å². The number of nitrogens with one attached hydrogen (secondary N) is 2. The van der Waals surface area contributed by atoms with Crippen molar-refractivity contribution < 1.29 is 23.5 Å². The Bertz CT molecular complexity index is 1090. The van der Waals surface area contributed by atoms with E-state index in [-0.39, 0.29) is 30.1 Å². The third-order valence-electron chi connectivity index (χ3n) is 4.89. The monoisotopic (exact) mass is 451 g/mol. The Hall–Kier alpha value is -3.94. The van der Waals surface area contributed by atoms with Crippen molar-refractivity contribution in [2.24, 2.45) is 5.92 Å². The van der Waals surface area contributed by atoms with E-state index < -0.39 is 6.04 Å². The first-order chi connectivity index (χ1) is 15.9. The maximum atomic E-state index is 13.0. The minimum atomic E-state index is -0.726. The van der Waals surface area contributed by atoms with Gasteiger partial charge in [0.25, 0.3) is 5.91 Å². The fraction of sp³-hybridized carbons (Fsp3) is 0.240. The summed E-state index contributed by atoms with van der Waals surface area (Å²) in [6.07, 6.45) is 1.58. The van der Waals surface area contributed by atoms with E-state index in [2.05, 4.69) is 15.6 Å². The summed E-state index contributed by atoms with van der Waals surface area (Å²) in [6, 6.07) is 15.2. The number of hydrogen-bond donors (Lipinski definition) is 2. The van der Waals surface area contributed by atoms with E-state index in [1.807, 2.05) is 13.8 Å². The van der Waals surface area contributed by atoms with Crippen LogP contribution in [0.3, 0.4) is 0 Å². The van der Waals surface area contributed by atoms with E-state index in [9.17, 15) is 14.0 Å². The van der Waals surface area contributed by atoms with Crippen LogP contribution in [-0.2, 0) is 11.3 Å². The van der Waals surface area contributed by atoms with Crippen LogP contribution in [0.4, 0.5) is 4.39 Å². The zero-order valence-corrected chi connectivity index (χ0v) is 18.7. The summed E-state index contributed by atoms with van der Waals surface area (Å²) in [5.41, 5.74) is 1.12. The summed E-state index contributed by atoms with van der Waals surface area (Å²) in [4.78, 5) is 29.7. The molecule has 0 spiro atoms. The highest BCUT2D eigenvalue weighted by atomic mass is 19.1. The van der Waals surface area contributed by atoms with Crippen LogP contribution in [0.15, 0.2) is 66.9 Å². The molecule has 2 N–H and O–H groups in total. The molecule has 0 aliphatic rings. The van der Waals surface area contributed by atoms with Gasteiger partial charge in [-0.1, -0.05) is 32.0 Å². The number of methoxy groups -OCH3 is 1. The molecule has 1 heterocycles. The van der Waals surface area contributed by atoms with Crippen molar-refractivity contribution in [2.45, 2.75) is 26.4 Å². The molecule has 0 aliphatic carbocycles. The molecule has 7 nitrogen and oxygen atoms in total. The standard InChI is InChI=1S/C25H26FN3O4/c1-16(2)23(29-24(30)20-6-4-5-7-21(20)32-3)25(31)28-15-17-8-13-22(27-14-17)33-19-11-9-18(26)10-12-19/h4-14,16,23H,15H2,1-3H3,(H,28,31)(H,29,30). The van der Waals surface area contributed by atoms with Crippen LogP contribution in [-0.4, -0.2) is 29.9 Å². The van der Waals surface area contributed by atoms with Gasteiger partial charge in [0, 0.05) is 18.8 Å². The highest BCUT2D eigenvalue weighted by Gasteiger charge is 2.25. The predicted octanol–water partition coefficient (Wildman–Crippen LogP) is 4.09. The fourth-order valence-corrected chi connectivity index (χ4v) is 3.08. The van der Waals surface area contributed by atoms with Crippen molar-refractivity contribution in [3.63, 3.8) is 0 Å². The number of rotatable bonds is 9. The molecule has 1 atom stereocenters. The highest BCUT2D eigenvalue weighted by Crippen LogP contribution is 2.20.